The topological polar surface area (TPSA) is 77.8 Å². The van der Waals surface area contributed by atoms with Crippen molar-refractivity contribution in [1.29, 1.82) is 0 Å². The molecule has 0 saturated carbocycles. The largest absolute Gasteiger partial charge is 0.480 e. The third-order valence-electron chi connectivity index (χ3n) is 2.37. The fourth-order valence-electron chi connectivity index (χ4n) is 1.65. The molecule has 5 heteroatoms. The highest BCUT2D eigenvalue weighted by Gasteiger charge is 2.38. The van der Waals surface area contributed by atoms with Crippen molar-refractivity contribution in [2.75, 3.05) is 6.54 Å². The van der Waals surface area contributed by atoms with E-state index in [2.05, 4.69) is 5.92 Å². The number of carboxylic acid groups (broad SMARTS) is 1. The molecule has 0 aliphatic carbocycles. The van der Waals surface area contributed by atoms with Crippen LogP contribution in [0.3, 0.4) is 0 Å². The van der Waals surface area contributed by atoms with Crippen LogP contribution in [-0.4, -0.2) is 45.7 Å². The van der Waals surface area contributed by atoms with E-state index < -0.39 is 18.1 Å². The van der Waals surface area contributed by atoms with Crippen LogP contribution in [0.5, 0.6) is 0 Å². The maximum atomic E-state index is 11.5. The fraction of sp³-hybridized carbons (Fsp3) is 0.600. The predicted octanol–water partition coefficient (Wildman–Crippen LogP) is -0.554. The highest BCUT2D eigenvalue weighted by atomic mass is 16.4. The quantitative estimate of drug-likeness (QED) is 0.614. The summed E-state index contributed by atoms with van der Waals surface area (Å²) in [5.74, 6) is 0.929. The van der Waals surface area contributed by atoms with Crippen LogP contribution in [-0.2, 0) is 9.59 Å². The van der Waals surface area contributed by atoms with Crippen LogP contribution in [0, 0.1) is 12.3 Å². The number of rotatable bonds is 3. The Hall–Kier alpha value is -1.54. The Kier molecular flexibility index (Phi) is 3.69. The second-order valence-electron chi connectivity index (χ2n) is 3.49. The van der Waals surface area contributed by atoms with E-state index >= 15 is 0 Å². The van der Waals surface area contributed by atoms with Crippen molar-refractivity contribution in [2.24, 2.45) is 0 Å². The first-order valence-electron chi connectivity index (χ1n) is 4.70. The molecule has 0 radical (unpaired) electrons. The Morgan fingerprint density at radius 2 is 2.20 bits per heavy atom. The first kappa shape index (κ1) is 11.5. The van der Waals surface area contributed by atoms with Crippen molar-refractivity contribution in [3.63, 3.8) is 0 Å². The van der Waals surface area contributed by atoms with Crippen molar-refractivity contribution in [3.05, 3.63) is 0 Å². The average Bonchev–Trinajstić information content (AvgIpc) is 2.57. The normalized spacial score (nSPS) is 24.9. The maximum absolute atomic E-state index is 11.5. The van der Waals surface area contributed by atoms with Crippen molar-refractivity contribution in [3.8, 4) is 12.3 Å². The molecule has 82 valence electrons. The molecule has 15 heavy (non-hydrogen) atoms. The van der Waals surface area contributed by atoms with Gasteiger partial charge in [-0.2, -0.15) is 0 Å². The molecule has 2 atom stereocenters. The van der Waals surface area contributed by atoms with Gasteiger partial charge in [-0.15, -0.1) is 12.3 Å². The van der Waals surface area contributed by atoms with Crippen LogP contribution in [0.15, 0.2) is 0 Å². The molecule has 0 aromatic heterocycles. The van der Waals surface area contributed by atoms with E-state index in [4.69, 9.17) is 11.5 Å². The van der Waals surface area contributed by atoms with Crippen molar-refractivity contribution in [1.82, 2.24) is 4.90 Å². The van der Waals surface area contributed by atoms with E-state index in [1.54, 1.807) is 0 Å². The number of carboxylic acids is 1. The van der Waals surface area contributed by atoms with Crippen molar-refractivity contribution >= 4 is 11.9 Å². The third kappa shape index (κ3) is 2.70. The van der Waals surface area contributed by atoms with Gasteiger partial charge in [0, 0.05) is 25.8 Å². The van der Waals surface area contributed by atoms with Crippen LogP contribution in [0.1, 0.15) is 19.3 Å². The minimum absolute atomic E-state index is 0.0837. The van der Waals surface area contributed by atoms with Crippen LogP contribution < -0.4 is 0 Å². The summed E-state index contributed by atoms with van der Waals surface area (Å²) in [5, 5.41) is 18.1. The predicted molar refractivity (Wildman–Crippen MR) is 51.8 cm³/mol. The number of carbonyl (C=O) groups is 2. The number of aliphatic carboxylic acids is 1. The SMILES string of the molecule is C#CCCC(=O)N1CC(O)CC1C(=O)O. The number of aliphatic hydroxyl groups excluding tert-OH is 1. The zero-order valence-corrected chi connectivity index (χ0v) is 8.22. The number of likely N-dealkylation sites (tertiary alicyclic amines) is 1. The molecule has 2 unspecified atom stereocenters. The van der Waals surface area contributed by atoms with Gasteiger partial charge in [-0.05, 0) is 0 Å². The highest BCUT2D eigenvalue weighted by Crippen LogP contribution is 2.19. The molecule has 0 aromatic rings. The number of aliphatic hydroxyl groups is 1. The van der Waals surface area contributed by atoms with Crippen LogP contribution in [0.4, 0.5) is 0 Å². The molecule has 1 aliphatic rings. The molecule has 0 spiro atoms. The maximum Gasteiger partial charge on any atom is 0.326 e. The summed E-state index contributed by atoms with van der Waals surface area (Å²) in [4.78, 5) is 23.5. The summed E-state index contributed by atoms with van der Waals surface area (Å²) in [7, 11) is 0. The summed E-state index contributed by atoms with van der Waals surface area (Å²) in [6, 6.07) is -0.912. The van der Waals surface area contributed by atoms with Gasteiger partial charge in [-0.25, -0.2) is 4.79 Å². The molecule has 1 amide bonds. The highest BCUT2D eigenvalue weighted by molar-refractivity contribution is 5.84. The van der Waals surface area contributed by atoms with Gasteiger partial charge in [0.25, 0.3) is 0 Å². The van der Waals surface area contributed by atoms with E-state index in [9.17, 15) is 14.7 Å². The van der Waals surface area contributed by atoms with Gasteiger partial charge in [0.05, 0.1) is 6.10 Å². The number of carbonyl (C=O) groups excluding carboxylic acids is 1. The van der Waals surface area contributed by atoms with Gasteiger partial charge < -0.3 is 15.1 Å². The van der Waals surface area contributed by atoms with Crippen molar-refractivity contribution < 1.29 is 19.8 Å². The van der Waals surface area contributed by atoms with Gasteiger partial charge in [-0.1, -0.05) is 0 Å². The number of terminal acetylenes is 1. The monoisotopic (exact) mass is 211 g/mol. The lowest BCUT2D eigenvalue weighted by Crippen LogP contribution is -2.40. The number of nitrogens with zero attached hydrogens (tertiary/aromatic N) is 1. The molecule has 1 fully saturated rings. The second kappa shape index (κ2) is 4.80. The molecule has 1 aliphatic heterocycles. The Labute approximate surface area is 87.7 Å². The first-order chi connectivity index (χ1) is 7.06. The minimum atomic E-state index is -1.08. The molecular formula is C10H13NO4. The minimum Gasteiger partial charge on any atom is -0.480 e. The average molecular weight is 211 g/mol. The molecular weight excluding hydrogens is 198 g/mol. The Balaban J connectivity index is 2.63. The van der Waals surface area contributed by atoms with E-state index in [0.717, 1.165) is 0 Å². The summed E-state index contributed by atoms with van der Waals surface area (Å²) < 4.78 is 0. The van der Waals surface area contributed by atoms with Crippen molar-refractivity contribution in [2.45, 2.75) is 31.4 Å². The van der Waals surface area contributed by atoms with Crippen LogP contribution >= 0.6 is 0 Å². The van der Waals surface area contributed by atoms with Gasteiger partial charge in [-0.3, -0.25) is 4.79 Å². The van der Waals surface area contributed by atoms with Crippen LogP contribution in [0.2, 0.25) is 0 Å². The van der Waals surface area contributed by atoms with E-state index in [1.165, 1.54) is 4.90 Å². The standard InChI is InChI=1S/C10H13NO4/c1-2-3-4-9(13)11-6-7(12)5-8(11)10(14)15/h1,7-8,12H,3-6H2,(H,14,15). The number of hydrogen-bond acceptors (Lipinski definition) is 3. The Bertz CT molecular complexity index is 307. The number of β-amino-alcohol motifs (C(OH)–C–C–N with tert-alkyl or cyclic N) is 1. The van der Waals surface area contributed by atoms with Gasteiger partial charge in [0.15, 0.2) is 0 Å². The Morgan fingerprint density at radius 1 is 1.53 bits per heavy atom. The molecule has 1 saturated heterocycles. The molecule has 2 N–H and O–H groups in total. The molecule has 1 rings (SSSR count). The summed E-state index contributed by atoms with van der Waals surface area (Å²) in [5.41, 5.74) is 0. The summed E-state index contributed by atoms with van der Waals surface area (Å²) in [6.45, 7) is 0.0837. The molecule has 0 aromatic carbocycles. The Morgan fingerprint density at radius 3 is 2.73 bits per heavy atom. The number of amides is 1. The fourth-order valence-corrected chi connectivity index (χ4v) is 1.65. The van der Waals surface area contributed by atoms with E-state index in [1.807, 2.05) is 0 Å². The smallest absolute Gasteiger partial charge is 0.326 e. The van der Waals surface area contributed by atoms with E-state index in [-0.39, 0.29) is 31.7 Å². The van der Waals surface area contributed by atoms with Gasteiger partial charge >= 0.3 is 5.97 Å². The second-order valence-corrected chi connectivity index (χ2v) is 3.49. The molecule has 5 nitrogen and oxygen atoms in total. The third-order valence-corrected chi connectivity index (χ3v) is 2.37. The zero-order chi connectivity index (χ0) is 11.4. The lowest BCUT2D eigenvalue weighted by Gasteiger charge is -2.20. The van der Waals surface area contributed by atoms with Crippen LogP contribution in [0.25, 0.3) is 0 Å². The lowest BCUT2D eigenvalue weighted by molar-refractivity contribution is -0.148. The summed E-state index contributed by atoms with van der Waals surface area (Å²) in [6.07, 6.45) is 4.78. The molecule has 0 bridgehead atoms. The summed E-state index contributed by atoms with van der Waals surface area (Å²) >= 11 is 0. The number of hydrogen-bond donors (Lipinski definition) is 2. The first-order valence-corrected chi connectivity index (χ1v) is 4.70. The van der Waals surface area contributed by atoms with Gasteiger partial charge in [0.2, 0.25) is 5.91 Å². The van der Waals surface area contributed by atoms with Gasteiger partial charge in [0.1, 0.15) is 6.04 Å². The molecule has 1 heterocycles. The zero-order valence-electron chi connectivity index (χ0n) is 8.22. The lowest BCUT2D eigenvalue weighted by atomic mass is 10.2. The van der Waals surface area contributed by atoms with E-state index in [0.29, 0.717) is 0 Å².